The number of likely N-dealkylation sites (tertiary alicyclic amines) is 1. The second-order valence-corrected chi connectivity index (χ2v) is 12.6. The van der Waals surface area contributed by atoms with Crippen molar-refractivity contribution in [3.05, 3.63) is 162 Å². The highest BCUT2D eigenvalue weighted by Gasteiger charge is 2.15. The Labute approximate surface area is 292 Å². The second-order valence-electron chi connectivity index (χ2n) is 12.6. The highest BCUT2D eigenvalue weighted by Crippen LogP contribution is 2.35. The maximum atomic E-state index is 12.8. The molecule has 0 aromatic heterocycles. The summed E-state index contributed by atoms with van der Waals surface area (Å²) >= 11 is 0. The topological polar surface area (TPSA) is 65.1 Å². The molecule has 7 rings (SSSR count). The summed E-state index contributed by atoms with van der Waals surface area (Å²) in [6, 6.07) is 43.9. The molecule has 0 atom stereocenters. The summed E-state index contributed by atoms with van der Waals surface area (Å²) in [6.07, 6.45) is 4.55. The second kappa shape index (κ2) is 15.7. The number of hydrogen-bond acceptors (Lipinski definition) is 6. The normalized spacial score (nSPS) is 13.1. The van der Waals surface area contributed by atoms with Crippen molar-refractivity contribution in [2.75, 3.05) is 26.2 Å². The number of benzene rings is 6. The first-order valence-corrected chi connectivity index (χ1v) is 17.2. The molecule has 1 heterocycles. The summed E-state index contributed by atoms with van der Waals surface area (Å²) in [4.78, 5) is 27.9. The molecule has 0 unspecified atom stereocenters. The Morgan fingerprint density at radius 2 is 1.18 bits per heavy atom. The van der Waals surface area contributed by atoms with Crippen molar-refractivity contribution >= 4 is 22.7 Å². The van der Waals surface area contributed by atoms with E-state index in [0.717, 1.165) is 58.4 Å². The van der Waals surface area contributed by atoms with Crippen molar-refractivity contribution in [2.24, 2.45) is 0 Å². The van der Waals surface area contributed by atoms with Crippen LogP contribution in [0.25, 0.3) is 21.9 Å². The summed E-state index contributed by atoms with van der Waals surface area (Å²) in [5, 5.41) is 2.02. The lowest BCUT2D eigenvalue weighted by atomic mass is 9.90. The van der Waals surface area contributed by atoms with E-state index >= 15 is 0 Å². The average molecular weight is 662 g/mol. The predicted octanol–water partition coefficient (Wildman–Crippen LogP) is 9.40. The van der Waals surface area contributed by atoms with Gasteiger partial charge in [0, 0.05) is 6.54 Å². The molecule has 50 heavy (non-hydrogen) atoms. The Morgan fingerprint density at radius 1 is 0.580 bits per heavy atom. The molecule has 0 N–H and O–H groups in total. The monoisotopic (exact) mass is 661 g/mol. The lowest BCUT2D eigenvalue weighted by Crippen LogP contribution is -2.33. The number of piperidine rings is 1. The first-order valence-electron chi connectivity index (χ1n) is 17.2. The number of ether oxygens (including phenoxy) is 3. The maximum absolute atomic E-state index is 12.8. The smallest absolute Gasteiger partial charge is 0.343 e. The third kappa shape index (κ3) is 8.11. The fraction of sp³-hybridized carbons (Fsp3) is 0.182. The number of carbonyl (C=O) groups is 2. The van der Waals surface area contributed by atoms with Gasteiger partial charge in [0.1, 0.15) is 23.9 Å². The van der Waals surface area contributed by atoms with Crippen molar-refractivity contribution in [1.82, 2.24) is 4.90 Å². The van der Waals surface area contributed by atoms with Crippen LogP contribution >= 0.6 is 0 Å². The molecule has 6 nitrogen and oxygen atoms in total. The van der Waals surface area contributed by atoms with Crippen LogP contribution in [0.1, 0.15) is 51.1 Å². The molecule has 1 saturated heterocycles. The lowest BCUT2D eigenvalue weighted by Gasteiger charge is -2.26. The Kier molecular flexibility index (Phi) is 10.3. The minimum atomic E-state index is -0.396. The van der Waals surface area contributed by atoms with Crippen molar-refractivity contribution in [3.63, 3.8) is 0 Å². The number of carbonyl (C=O) groups excluding carboxylic acids is 2. The number of hydrogen-bond donors (Lipinski definition) is 0. The van der Waals surface area contributed by atoms with Crippen LogP contribution in [0.3, 0.4) is 0 Å². The first-order chi connectivity index (χ1) is 24.6. The van der Waals surface area contributed by atoms with E-state index in [1.807, 2.05) is 91.0 Å². The van der Waals surface area contributed by atoms with Crippen LogP contribution in [0, 0.1) is 0 Å². The van der Waals surface area contributed by atoms with Gasteiger partial charge in [-0.15, -0.1) is 0 Å². The fourth-order valence-corrected chi connectivity index (χ4v) is 6.46. The molecule has 6 aromatic carbocycles. The molecular weight excluding hydrogens is 622 g/mol. The molecule has 0 bridgehead atoms. The highest BCUT2D eigenvalue weighted by atomic mass is 16.5. The van der Waals surface area contributed by atoms with Crippen molar-refractivity contribution in [1.29, 1.82) is 0 Å². The zero-order chi connectivity index (χ0) is 34.1. The summed E-state index contributed by atoms with van der Waals surface area (Å²) in [5.41, 5.74) is 5.35. The molecular formula is C44H39NO5. The number of rotatable bonds is 11. The van der Waals surface area contributed by atoms with Gasteiger partial charge >= 0.3 is 11.9 Å². The molecule has 1 aliphatic heterocycles. The van der Waals surface area contributed by atoms with Crippen molar-refractivity contribution in [3.8, 4) is 28.4 Å². The molecule has 1 fully saturated rings. The lowest BCUT2D eigenvalue weighted by molar-refractivity contribution is 0.0725. The van der Waals surface area contributed by atoms with Gasteiger partial charge in [-0.2, -0.15) is 0 Å². The van der Waals surface area contributed by atoms with Crippen LogP contribution in [0.15, 0.2) is 140 Å². The van der Waals surface area contributed by atoms with E-state index < -0.39 is 11.9 Å². The SMILES string of the molecule is O=C(Oc1ccc(-c2ccc3cc(OC(=O)c4ccccc4)ccc3c2Cc2ccc(OCCN3CCCCC3)cc2)cc1)c1ccccc1. The van der Waals surface area contributed by atoms with Crippen LogP contribution in [-0.2, 0) is 6.42 Å². The van der Waals surface area contributed by atoms with Crippen LogP contribution in [0.4, 0.5) is 0 Å². The van der Waals surface area contributed by atoms with E-state index in [-0.39, 0.29) is 0 Å². The molecule has 0 spiro atoms. The van der Waals surface area contributed by atoms with E-state index in [1.54, 1.807) is 24.3 Å². The summed E-state index contributed by atoms with van der Waals surface area (Å²) in [6.45, 7) is 3.96. The largest absolute Gasteiger partial charge is 0.492 e. The van der Waals surface area contributed by atoms with Crippen molar-refractivity contribution < 1.29 is 23.8 Å². The van der Waals surface area contributed by atoms with Gasteiger partial charge in [-0.05, 0) is 126 Å². The average Bonchev–Trinajstić information content (AvgIpc) is 3.17. The summed E-state index contributed by atoms with van der Waals surface area (Å²) in [5.74, 6) is 1.04. The fourth-order valence-electron chi connectivity index (χ4n) is 6.46. The van der Waals surface area contributed by atoms with Gasteiger partial charge < -0.3 is 14.2 Å². The minimum Gasteiger partial charge on any atom is -0.492 e. The van der Waals surface area contributed by atoms with Gasteiger partial charge in [0.15, 0.2) is 0 Å². The van der Waals surface area contributed by atoms with Gasteiger partial charge in [0.25, 0.3) is 0 Å². The molecule has 1 aliphatic rings. The molecule has 0 saturated carbocycles. The summed E-state index contributed by atoms with van der Waals surface area (Å²) < 4.78 is 17.5. The van der Waals surface area contributed by atoms with Gasteiger partial charge in [-0.1, -0.05) is 85.3 Å². The predicted molar refractivity (Wildman–Crippen MR) is 197 cm³/mol. The Balaban J connectivity index is 1.14. The zero-order valence-corrected chi connectivity index (χ0v) is 27.9. The van der Waals surface area contributed by atoms with Crippen molar-refractivity contribution in [2.45, 2.75) is 25.7 Å². The van der Waals surface area contributed by atoms with Crippen LogP contribution in [0.2, 0.25) is 0 Å². The summed E-state index contributed by atoms with van der Waals surface area (Å²) in [7, 11) is 0. The van der Waals surface area contributed by atoms with E-state index in [9.17, 15) is 9.59 Å². The molecule has 0 amide bonds. The van der Waals surface area contributed by atoms with Gasteiger partial charge in [0.2, 0.25) is 0 Å². The van der Waals surface area contributed by atoms with E-state index in [1.165, 1.54) is 19.3 Å². The minimum absolute atomic E-state index is 0.395. The van der Waals surface area contributed by atoms with E-state index in [0.29, 0.717) is 35.7 Å². The molecule has 0 aliphatic carbocycles. The Bertz CT molecular complexity index is 2050. The number of fused-ring (bicyclic) bond motifs is 1. The molecule has 0 radical (unpaired) electrons. The maximum Gasteiger partial charge on any atom is 0.343 e. The quantitative estimate of drug-likeness (QED) is 0.102. The van der Waals surface area contributed by atoms with Gasteiger partial charge in [-0.25, -0.2) is 9.59 Å². The zero-order valence-electron chi connectivity index (χ0n) is 27.9. The highest BCUT2D eigenvalue weighted by molar-refractivity contribution is 5.95. The van der Waals surface area contributed by atoms with E-state index in [4.69, 9.17) is 14.2 Å². The van der Waals surface area contributed by atoms with E-state index in [2.05, 4.69) is 29.2 Å². The molecule has 6 heteroatoms. The third-order valence-electron chi connectivity index (χ3n) is 9.14. The van der Waals surface area contributed by atoms with Crippen LogP contribution in [-0.4, -0.2) is 43.1 Å². The third-order valence-corrected chi connectivity index (χ3v) is 9.14. The van der Waals surface area contributed by atoms with Gasteiger partial charge in [0.05, 0.1) is 11.1 Å². The molecule has 6 aromatic rings. The Hall–Kier alpha value is -5.72. The van der Waals surface area contributed by atoms with Crippen LogP contribution in [0.5, 0.6) is 17.2 Å². The standard InChI is InChI=1S/C44H39NO5/c46-43(34-10-4-1-5-11-34)49-38-21-16-33(17-22-38)40-24-18-36-31-39(50-44(47)35-12-6-2-7-13-35)23-25-41(36)42(40)30-32-14-19-37(20-15-32)48-29-28-45-26-8-3-9-27-45/h1-2,4-7,10-25,31H,3,8-9,26-30H2. The van der Waals surface area contributed by atoms with Crippen LogP contribution < -0.4 is 14.2 Å². The number of esters is 2. The first kappa shape index (κ1) is 32.8. The Morgan fingerprint density at radius 3 is 1.84 bits per heavy atom. The van der Waals surface area contributed by atoms with Gasteiger partial charge in [-0.3, -0.25) is 4.90 Å². The molecule has 250 valence electrons. The number of nitrogens with zero attached hydrogens (tertiary/aromatic N) is 1.